The van der Waals surface area contributed by atoms with Gasteiger partial charge in [-0.2, -0.15) is 0 Å². The van der Waals surface area contributed by atoms with Crippen LogP contribution >= 0.6 is 31.9 Å². The molecular weight excluding hydrogens is 402 g/mol. The Balaban J connectivity index is 2.45. The summed E-state index contributed by atoms with van der Waals surface area (Å²) >= 11 is 5.95. The maximum absolute atomic E-state index is 13.7. The molecule has 0 saturated heterocycles. The van der Waals surface area contributed by atoms with Crippen LogP contribution in [-0.4, -0.2) is 16.1 Å². The highest BCUT2D eigenvalue weighted by Gasteiger charge is 2.15. The van der Waals surface area contributed by atoms with Gasteiger partial charge in [-0.25, -0.2) is 18.6 Å². The van der Waals surface area contributed by atoms with E-state index < -0.39 is 17.6 Å². The van der Waals surface area contributed by atoms with E-state index in [4.69, 9.17) is 5.11 Å². The smallest absolute Gasteiger partial charge is 0.339 e. The Morgan fingerprint density at radius 1 is 1.20 bits per heavy atom. The predicted molar refractivity (Wildman–Crippen MR) is 76.2 cm³/mol. The Bertz CT molecular complexity index is 695. The van der Waals surface area contributed by atoms with E-state index in [2.05, 4.69) is 42.2 Å². The number of nitrogens with one attached hydrogen (secondary N) is 1. The highest BCUT2D eigenvalue weighted by molar-refractivity contribution is 9.10. The average Bonchev–Trinajstić information content (AvgIpc) is 2.37. The van der Waals surface area contributed by atoms with Crippen LogP contribution in [0.3, 0.4) is 0 Å². The lowest BCUT2D eigenvalue weighted by Crippen LogP contribution is -2.06. The van der Waals surface area contributed by atoms with Crippen LogP contribution in [0.4, 0.5) is 20.3 Å². The molecule has 20 heavy (non-hydrogen) atoms. The lowest BCUT2D eigenvalue weighted by atomic mass is 10.2. The molecule has 2 rings (SSSR count). The van der Waals surface area contributed by atoms with Gasteiger partial charge in [-0.15, -0.1) is 0 Å². The zero-order valence-electron chi connectivity index (χ0n) is 9.62. The Labute approximate surface area is 129 Å². The van der Waals surface area contributed by atoms with E-state index in [1.807, 2.05) is 0 Å². The molecular formula is C12H6Br2F2N2O2. The van der Waals surface area contributed by atoms with Crippen molar-refractivity contribution in [3.8, 4) is 0 Å². The van der Waals surface area contributed by atoms with Crippen LogP contribution in [0.25, 0.3) is 0 Å². The van der Waals surface area contributed by atoms with Crippen LogP contribution in [0.2, 0.25) is 0 Å². The van der Waals surface area contributed by atoms with Gasteiger partial charge in [0.25, 0.3) is 0 Å². The summed E-state index contributed by atoms with van der Waals surface area (Å²) in [5.41, 5.74) is -0.370. The fraction of sp³-hybridized carbons (Fsp3) is 0. The molecule has 0 fully saturated rings. The molecule has 0 amide bonds. The number of anilines is 2. The van der Waals surface area contributed by atoms with Gasteiger partial charge in [-0.3, -0.25) is 0 Å². The number of rotatable bonds is 3. The molecule has 1 aromatic heterocycles. The van der Waals surface area contributed by atoms with Crippen LogP contribution in [0.1, 0.15) is 10.4 Å². The van der Waals surface area contributed by atoms with Gasteiger partial charge in [-0.1, -0.05) is 0 Å². The SMILES string of the molecule is O=C(O)c1cc(Br)cnc1Nc1cc(F)c(Br)cc1F. The topological polar surface area (TPSA) is 62.2 Å². The molecule has 1 heterocycles. The maximum atomic E-state index is 13.7. The Kier molecular flexibility index (Phi) is 4.34. The highest BCUT2D eigenvalue weighted by atomic mass is 79.9. The minimum absolute atomic E-state index is 0.0252. The molecule has 0 aliphatic carbocycles. The number of hydrogen-bond donors (Lipinski definition) is 2. The van der Waals surface area contributed by atoms with E-state index >= 15 is 0 Å². The van der Waals surface area contributed by atoms with E-state index in [1.54, 1.807) is 0 Å². The normalized spacial score (nSPS) is 10.4. The van der Waals surface area contributed by atoms with Gasteiger partial charge in [0.15, 0.2) is 0 Å². The van der Waals surface area contributed by atoms with Gasteiger partial charge in [0.05, 0.1) is 10.2 Å². The van der Waals surface area contributed by atoms with Gasteiger partial charge < -0.3 is 10.4 Å². The van der Waals surface area contributed by atoms with E-state index in [0.29, 0.717) is 4.47 Å². The zero-order chi connectivity index (χ0) is 14.9. The molecule has 4 nitrogen and oxygen atoms in total. The minimum atomic E-state index is -1.24. The molecule has 8 heteroatoms. The first-order valence-electron chi connectivity index (χ1n) is 5.19. The monoisotopic (exact) mass is 406 g/mol. The Hall–Kier alpha value is -1.54. The lowest BCUT2D eigenvalue weighted by Gasteiger charge is -2.10. The summed E-state index contributed by atoms with van der Waals surface area (Å²) in [4.78, 5) is 14.9. The van der Waals surface area contributed by atoms with Gasteiger partial charge in [0.2, 0.25) is 0 Å². The maximum Gasteiger partial charge on any atom is 0.339 e. The molecule has 0 atom stereocenters. The first-order valence-corrected chi connectivity index (χ1v) is 6.77. The van der Waals surface area contributed by atoms with Crippen molar-refractivity contribution in [2.24, 2.45) is 0 Å². The van der Waals surface area contributed by atoms with Crippen LogP contribution in [-0.2, 0) is 0 Å². The van der Waals surface area contributed by atoms with Crippen molar-refractivity contribution < 1.29 is 18.7 Å². The second-order valence-electron chi connectivity index (χ2n) is 3.73. The molecule has 0 aliphatic rings. The number of aromatic carboxylic acids is 1. The van der Waals surface area contributed by atoms with Gasteiger partial charge in [0.1, 0.15) is 23.0 Å². The molecule has 2 N–H and O–H groups in total. The number of carboxylic acid groups (broad SMARTS) is 1. The Morgan fingerprint density at radius 3 is 2.55 bits per heavy atom. The van der Waals surface area contributed by atoms with Crippen molar-refractivity contribution in [1.82, 2.24) is 4.98 Å². The van der Waals surface area contributed by atoms with E-state index in [-0.39, 0.29) is 21.5 Å². The number of benzene rings is 1. The van der Waals surface area contributed by atoms with E-state index in [1.165, 1.54) is 12.3 Å². The predicted octanol–water partition coefficient (Wildman–Crippen LogP) is 4.33. The standard InChI is InChI=1S/C12H6Br2F2N2O2/c13-5-1-6(12(19)20)11(17-4-5)18-10-3-8(15)7(14)2-9(10)16/h1-4H,(H,17,18)(H,19,20). The molecule has 0 aliphatic heterocycles. The van der Waals surface area contributed by atoms with Crippen molar-refractivity contribution in [2.45, 2.75) is 0 Å². The summed E-state index contributed by atoms with van der Waals surface area (Å²) in [7, 11) is 0. The van der Waals surface area contributed by atoms with Gasteiger partial charge in [0, 0.05) is 16.7 Å². The third-order valence-electron chi connectivity index (χ3n) is 2.35. The first-order chi connectivity index (χ1) is 9.38. The molecule has 1 aromatic carbocycles. The molecule has 0 unspecified atom stereocenters. The summed E-state index contributed by atoms with van der Waals surface area (Å²) in [6.45, 7) is 0. The quantitative estimate of drug-likeness (QED) is 0.743. The summed E-state index contributed by atoms with van der Waals surface area (Å²) < 4.78 is 27.5. The average molecular weight is 408 g/mol. The largest absolute Gasteiger partial charge is 0.478 e. The number of nitrogens with zero attached hydrogens (tertiary/aromatic N) is 1. The molecule has 0 saturated carbocycles. The highest BCUT2D eigenvalue weighted by Crippen LogP contribution is 2.27. The third kappa shape index (κ3) is 3.13. The van der Waals surface area contributed by atoms with Crippen LogP contribution < -0.4 is 5.32 Å². The number of carbonyl (C=O) groups is 1. The van der Waals surface area contributed by atoms with Crippen LogP contribution in [0.5, 0.6) is 0 Å². The molecule has 0 bridgehead atoms. The summed E-state index contributed by atoms with van der Waals surface area (Å²) in [5, 5.41) is 11.5. The second kappa shape index (κ2) is 5.84. The van der Waals surface area contributed by atoms with Crippen molar-refractivity contribution in [3.05, 3.63) is 50.5 Å². The third-order valence-corrected chi connectivity index (χ3v) is 3.39. The molecule has 104 valence electrons. The number of hydrogen-bond acceptors (Lipinski definition) is 3. The van der Waals surface area contributed by atoms with E-state index in [0.717, 1.165) is 12.1 Å². The zero-order valence-corrected chi connectivity index (χ0v) is 12.8. The van der Waals surface area contributed by atoms with Gasteiger partial charge in [-0.05, 0) is 44.0 Å². The number of carboxylic acids is 1. The van der Waals surface area contributed by atoms with Crippen molar-refractivity contribution in [1.29, 1.82) is 0 Å². The van der Waals surface area contributed by atoms with Crippen molar-refractivity contribution in [3.63, 3.8) is 0 Å². The number of pyridine rings is 1. The molecule has 0 spiro atoms. The van der Waals surface area contributed by atoms with Crippen LogP contribution in [0.15, 0.2) is 33.3 Å². The summed E-state index contributed by atoms with van der Waals surface area (Å²) in [6.07, 6.45) is 1.35. The summed E-state index contributed by atoms with van der Waals surface area (Å²) in [6, 6.07) is 3.16. The van der Waals surface area contributed by atoms with Gasteiger partial charge >= 0.3 is 5.97 Å². The number of halogens is 4. The fourth-order valence-electron chi connectivity index (χ4n) is 1.45. The minimum Gasteiger partial charge on any atom is -0.478 e. The van der Waals surface area contributed by atoms with E-state index in [9.17, 15) is 13.6 Å². The van der Waals surface area contributed by atoms with Crippen molar-refractivity contribution >= 4 is 49.3 Å². The second-order valence-corrected chi connectivity index (χ2v) is 5.50. The number of aromatic nitrogens is 1. The molecule has 0 radical (unpaired) electrons. The fourth-order valence-corrected chi connectivity index (χ4v) is 2.09. The molecule has 2 aromatic rings. The summed E-state index contributed by atoms with van der Waals surface area (Å²) in [5.74, 6) is -2.73. The van der Waals surface area contributed by atoms with Crippen LogP contribution in [0, 0.1) is 11.6 Å². The lowest BCUT2D eigenvalue weighted by molar-refractivity contribution is 0.0697. The Morgan fingerprint density at radius 2 is 1.90 bits per heavy atom. The van der Waals surface area contributed by atoms with Crippen molar-refractivity contribution in [2.75, 3.05) is 5.32 Å². The first kappa shape index (κ1) is 14.9.